The summed E-state index contributed by atoms with van der Waals surface area (Å²) in [5.74, 6) is 0. The lowest BCUT2D eigenvalue weighted by molar-refractivity contribution is 0.178. The Morgan fingerprint density at radius 1 is 1.35 bits per heavy atom. The van der Waals surface area contributed by atoms with E-state index in [2.05, 4.69) is 43.5 Å². The standard InChI is InChI=1S/C14H20ClNS/c1-10-9-12(15)3-4-14(10)11(2)16-7-5-13(17)6-8-16/h3-4,9,11,13,17H,5-8H2,1-2H3. The van der Waals surface area contributed by atoms with Gasteiger partial charge in [0.2, 0.25) is 0 Å². The molecule has 3 heteroatoms. The summed E-state index contributed by atoms with van der Waals surface area (Å²) in [7, 11) is 0. The summed E-state index contributed by atoms with van der Waals surface area (Å²) in [6, 6.07) is 6.69. The maximum Gasteiger partial charge on any atom is 0.0408 e. The zero-order valence-electron chi connectivity index (χ0n) is 10.5. The SMILES string of the molecule is Cc1cc(Cl)ccc1C(C)N1CCC(S)CC1. The van der Waals surface area contributed by atoms with Crippen molar-refractivity contribution in [1.82, 2.24) is 4.90 Å². The van der Waals surface area contributed by atoms with Crippen LogP contribution in [-0.4, -0.2) is 23.2 Å². The van der Waals surface area contributed by atoms with Crippen molar-refractivity contribution in [3.63, 3.8) is 0 Å². The Balaban J connectivity index is 2.11. The van der Waals surface area contributed by atoms with Crippen molar-refractivity contribution in [1.29, 1.82) is 0 Å². The highest BCUT2D eigenvalue weighted by Gasteiger charge is 2.22. The fraction of sp³-hybridized carbons (Fsp3) is 0.571. The number of likely N-dealkylation sites (tertiary alicyclic amines) is 1. The van der Waals surface area contributed by atoms with E-state index in [9.17, 15) is 0 Å². The molecule has 2 rings (SSSR count). The predicted octanol–water partition coefficient (Wildman–Crippen LogP) is 4.10. The van der Waals surface area contributed by atoms with Crippen LogP contribution >= 0.6 is 24.2 Å². The minimum atomic E-state index is 0.480. The summed E-state index contributed by atoms with van der Waals surface area (Å²) in [6.07, 6.45) is 2.39. The second-order valence-electron chi connectivity index (χ2n) is 4.94. The molecule has 1 aliphatic heterocycles. The smallest absolute Gasteiger partial charge is 0.0408 e. The first-order valence-electron chi connectivity index (χ1n) is 6.26. The second kappa shape index (κ2) is 5.64. The van der Waals surface area contributed by atoms with Gasteiger partial charge >= 0.3 is 0 Å². The van der Waals surface area contributed by atoms with E-state index in [1.165, 1.54) is 24.0 Å². The molecule has 1 unspecified atom stereocenters. The Morgan fingerprint density at radius 3 is 2.59 bits per heavy atom. The highest BCUT2D eigenvalue weighted by molar-refractivity contribution is 7.80. The predicted molar refractivity (Wildman–Crippen MR) is 78.2 cm³/mol. The molecule has 1 atom stereocenters. The van der Waals surface area contributed by atoms with Gasteiger partial charge in [0.1, 0.15) is 0 Å². The summed E-state index contributed by atoms with van der Waals surface area (Å²) in [6.45, 7) is 6.73. The van der Waals surface area contributed by atoms with Crippen LogP contribution in [0.25, 0.3) is 0 Å². The molecule has 0 radical (unpaired) electrons. The first-order chi connectivity index (χ1) is 8.08. The third kappa shape index (κ3) is 3.18. The third-order valence-corrected chi connectivity index (χ3v) is 4.48. The number of nitrogens with zero attached hydrogens (tertiary/aromatic N) is 1. The molecule has 17 heavy (non-hydrogen) atoms. The van der Waals surface area contributed by atoms with Gasteiger partial charge in [-0.25, -0.2) is 0 Å². The minimum absolute atomic E-state index is 0.480. The molecular weight excluding hydrogens is 250 g/mol. The molecule has 94 valence electrons. The van der Waals surface area contributed by atoms with E-state index < -0.39 is 0 Å². The van der Waals surface area contributed by atoms with E-state index in [4.69, 9.17) is 11.6 Å². The Labute approximate surface area is 115 Å². The number of rotatable bonds is 2. The van der Waals surface area contributed by atoms with Crippen molar-refractivity contribution in [2.24, 2.45) is 0 Å². The van der Waals surface area contributed by atoms with Gasteiger partial charge < -0.3 is 0 Å². The molecule has 1 aromatic rings. The summed E-state index contributed by atoms with van der Waals surface area (Å²) < 4.78 is 0. The highest BCUT2D eigenvalue weighted by atomic mass is 35.5. The van der Waals surface area contributed by atoms with Crippen LogP contribution in [0.3, 0.4) is 0 Å². The average molecular weight is 270 g/mol. The number of aryl methyl sites for hydroxylation is 1. The maximum atomic E-state index is 6.00. The maximum absolute atomic E-state index is 6.00. The number of piperidine rings is 1. The number of halogens is 1. The van der Waals surface area contributed by atoms with Gasteiger partial charge in [0.15, 0.2) is 0 Å². The Hall–Kier alpha value is -0.180. The van der Waals surface area contributed by atoms with E-state index >= 15 is 0 Å². The summed E-state index contributed by atoms with van der Waals surface area (Å²) in [5.41, 5.74) is 2.69. The first kappa shape index (κ1) is 13.3. The average Bonchev–Trinajstić information content (AvgIpc) is 2.29. The third-order valence-electron chi connectivity index (χ3n) is 3.73. The zero-order valence-corrected chi connectivity index (χ0v) is 12.1. The molecule has 0 aromatic heterocycles. The molecule has 0 spiro atoms. The molecule has 0 saturated carbocycles. The van der Waals surface area contributed by atoms with Crippen LogP contribution in [0.4, 0.5) is 0 Å². The molecule has 1 aliphatic rings. The van der Waals surface area contributed by atoms with Gasteiger partial charge in [-0.1, -0.05) is 17.7 Å². The minimum Gasteiger partial charge on any atom is -0.297 e. The Kier molecular flexibility index (Phi) is 4.40. The van der Waals surface area contributed by atoms with Gasteiger partial charge in [0.25, 0.3) is 0 Å². The van der Waals surface area contributed by atoms with E-state index in [0.29, 0.717) is 11.3 Å². The van der Waals surface area contributed by atoms with E-state index in [0.717, 1.165) is 18.1 Å². The van der Waals surface area contributed by atoms with Crippen LogP contribution in [0.1, 0.15) is 36.9 Å². The highest BCUT2D eigenvalue weighted by Crippen LogP contribution is 2.28. The van der Waals surface area contributed by atoms with Crippen LogP contribution in [0.15, 0.2) is 18.2 Å². The lowest BCUT2D eigenvalue weighted by Gasteiger charge is -2.35. The van der Waals surface area contributed by atoms with Crippen LogP contribution in [0.2, 0.25) is 5.02 Å². The molecule has 0 aliphatic carbocycles. The van der Waals surface area contributed by atoms with Crippen LogP contribution < -0.4 is 0 Å². The summed E-state index contributed by atoms with van der Waals surface area (Å²) in [5, 5.41) is 1.41. The van der Waals surface area contributed by atoms with E-state index in [1.54, 1.807) is 0 Å². The van der Waals surface area contributed by atoms with E-state index in [-0.39, 0.29) is 0 Å². The molecule has 1 nitrogen and oxygen atoms in total. The molecular formula is C14H20ClNS. The van der Waals surface area contributed by atoms with Crippen molar-refractivity contribution in [2.45, 2.75) is 38.0 Å². The molecule has 1 heterocycles. The lowest BCUT2D eigenvalue weighted by Crippen LogP contribution is -2.36. The number of thiol groups is 1. The van der Waals surface area contributed by atoms with Crippen molar-refractivity contribution >= 4 is 24.2 Å². The monoisotopic (exact) mass is 269 g/mol. The van der Waals surface area contributed by atoms with Crippen LogP contribution in [-0.2, 0) is 0 Å². The molecule has 1 aromatic carbocycles. The van der Waals surface area contributed by atoms with Crippen molar-refractivity contribution in [3.05, 3.63) is 34.3 Å². The quantitative estimate of drug-likeness (QED) is 0.791. The van der Waals surface area contributed by atoms with Crippen molar-refractivity contribution in [2.75, 3.05) is 13.1 Å². The molecule has 0 amide bonds. The topological polar surface area (TPSA) is 3.24 Å². The van der Waals surface area contributed by atoms with Crippen molar-refractivity contribution < 1.29 is 0 Å². The Bertz CT molecular complexity index is 386. The van der Waals surface area contributed by atoms with Gasteiger partial charge in [0, 0.05) is 16.3 Å². The number of hydrogen-bond donors (Lipinski definition) is 1. The molecule has 0 N–H and O–H groups in total. The summed E-state index contributed by atoms with van der Waals surface area (Å²) in [4.78, 5) is 2.54. The fourth-order valence-corrected chi connectivity index (χ4v) is 3.04. The van der Waals surface area contributed by atoms with Gasteiger partial charge in [-0.15, -0.1) is 0 Å². The lowest BCUT2D eigenvalue weighted by atomic mass is 9.99. The number of benzene rings is 1. The largest absolute Gasteiger partial charge is 0.297 e. The molecule has 1 saturated heterocycles. The molecule has 0 bridgehead atoms. The first-order valence-corrected chi connectivity index (χ1v) is 7.15. The van der Waals surface area contributed by atoms with Crippen LogP contribution in [0, 0.1) is 6.92 Å². The molecule has 1 fully saturated rings. The van der Waals surface area contributed by atoms with Gasteiger partial charge in [-0.3, -0.25) is 4.90 Å². The van der Waals surface area contributed by atoms with Crippen LogP contribution in [0.5, 0.6) is 0 Å². The summed E-state index contributed by atoms with van der Waals surface area (Å²) >= 11 is 10.6. The zero-order chi connectivity index (χ0) is 12.4. The van der Waals surface area contributed by atoms with Gasteiger partial charge in [0.05, 0.1) is 0 Å². The normalized spacial score (nSPS) is 20.5. The van der Waals surface area contributed by atoms with Crippen molar-refractivity contribution in [3.8, 4) is 0 Å². The second-order valence-corrected chi connectivity index (χ2v) is 6.11. The van der Waals surface area contributed by atoms with E-state index in [1.807, 2.05) is 6.07 Å². The van der Waals surface area contributed by atoms with Gasteiger partial charge in [-0.05, 0) is 63.0 Å². The fourth-order valence-electron chi connectivity index (χ4n) is 2.58. The Morgan fingerprint density at radius 2 is 2.00 bits per heavy atom. The number of hydrogen-bond acceptors (Lipinski definition) is 2. The van der Waals surface area contributed by atoms with Gasteiger partial charge in [-0.2, -0.15) is 12.6 Å².